The molecule has 0 bridgehead atoms. The largest absolute Gasteiger partial charge is 1.00 e. The third-order valence-electron chi connectivity index (χ3n) is 1.74. The van der Waals surface area contributed by atoms with Crippen molar-refractivity contribution in [2.75, 3.05) is 0 Å². The topological polar surface area (TPSA) is 0 Å². The molecule has 5 heteroatoms. The van der Waals surface area contributed by atoms with Crippen molar-refractivity contribution in [3.63, 3.8) is 0 Å². The molecule has 0 amide bonds. The van der Waals surface area contributed by atoms with Gasteiger partial charge in [0.15, 0.2) is 0 Å². The van der Waals surface area contributed by atoms with Crippen LogP contribution in [0.2, 0.25) is 0 Å². The van der Waals surface area contributed by atoms with Crippen LogP contribution >= 0.6 is 0 Å². The van der Waals surface area contributed by atoms with Gasteiger partial charge >= 0.3 is 58.4 Å². The zero-order chi connectivity index (χ0) is 9.90. The van der Waals surface area contributed by atoms with E-state index in [9.17, 15) is 12.9 Å². The number of hydrogen-bond donors (Lipinski definition) is 0. The first-order valence-electron chi connectivity index (χ1n) is 3.93. The minimum absolute atomic E-state index is 0. The summed E-state index contributed by atoms with van der Waals surface area (Å²) in [5.41, 5.74) is 0.298. The van der Waals surface area contributed by atoms with Crippen molar-refractivity contribution in [1.29, 1.82) is 0 Å². The van der Waals surface area contributed by atoms with E-state index in [1.54, 1.807) is 6.08 Å². The molecule has 0 unspecified atom stereocenters. The molecular formula is C9H9BF3K. The van der Waals surface area contributed by atoms with Gasteiger partial charge in [0.05, 0.1) is 0 Å². The minimum atomic E-state index is -4.86. The summed E-state index contributed by atoms with van der Waals surface area (Å²) in [4.78, 5) is 0. The zero-order valence-electron chi connectivity index (χ0n) is 8.01. The Labute approximate surface area is 124 Å². The molecule has 70 valence electrons. The molecule has 1 rings (SSSR count). The molecule has 1 aromatic rings. The fourth-order valence-corrected chi connectivity index (χ4v) is 1.04. The van der Waals surface area contributed by atoms with Gasteiger partial charge in [-0.1, -0.05) is 30.3 Å². The average molecular weight is 224 g/mol. The van der Waals surface area contributed by atoms with Crippen LogP contribution in [0, 0.1) is 0 Å². The molecule has 0 aliphatic carbocycles. The number of benzene rings is 1. The summed E-state index contributed by atoms with van der Waals surface area (Å²) >= 11 is 0. The van der Waals surface area contributed by atoms with E-state index < -0.39 is 12.4 Å². The van der Waals surface area contributed by atoms with Crippen LogP contribution in [0.5, 0.6) is 0 Å². The Morgan fingerprint density at radius 3 is 2.00 bits per heavy atom. The van der Waals surface area contributed by atoms with Gasteiger partial charge in [-0.05, 0) is 12.0 Å². The van der Waals surface area contributed by atoms with E-state index in [1.807, 2.05) is 0 Å². The molecule has 0 saturated carbocycles. The maximum Gasteiger partial charge on any atom is 1.00 e. The summed E-state index contributed by atoms with van der Waals surface area (Å²) in [6.07, 6.45) is 2.26. The van der Waals surface area contributed by atoms with Crippen LogP contribution in [0.15, 0.2) is 36.9 Å². The molecule has 14 heavy (non-hydrogen) atoms. The van der Waals surface area contributed by atoms with E-state index >= 15 is 0 Å². The van der Waals surface area contributed by atoms with Crippen LogP contribution in [0.25, 0.3) is 0 Å². The Hall–Kier alpha value is 0.451. The van der Waals surface area contributed by atoms with Crippen LogP contribution in [0.1, 0.15) is 5.56 Å². The molecule has 0 aliphatic heterocycles. The van der Waals surface area contributed by atoms with Gasteiger partial charge < -0.3 is 12.9 Å². The quantitative estimate of drug-likeness (QED) is 0.478. The van der Waals surface area contributed by atoms with Crippen molar-refractivity contribution < 1.29 is 64.3 Å². The van der Waals surface area contributed by atoms with Crippen LogP contribution < -0.4 is 56.8 Å². The van der Waals surface area contributed by atoms with Crippen molar-refractivity contribution in [2.45, 2.75) is 6.42 Å². The van der Waals surface area contributed by atoms with Gasteiger partial charge in [-0.15, -0.1) is 12.0 Å². The minimum Gasteiger partial charge on any atom is -0.445 e. The summed E-state index contributed by atoms with van der Waals surface area (Å²) < 4.78 is 36.4. The van der Waals surface area contributed by atoms with E-state index in [0.29, 0.717) is 6.42 Å². The predicted molar refractivity (Wildman–Crippen MR) is 49.1 cm³/mol. The van der Waals surface area contributed by atoms with E-state index in [-0.39, 0.29) is 51.4 Å². The second-order valence-electron chi connectivity index (χ2n) is 2.81. The van der Waals surface area contributed by atoms with Crippen LogP contribution in [0.3, 0.4) is 0 Å². The molecule has 0 radical (unpaired) electrons. The number of halogens is 3. The number of rotatable bonds is 3. The molecule has 1 aromatic carbocycles. The van der Waals surface area contributed by atoms with Gasteiger partial charge in [0.1, 0.15) is 0 Å². The molecule has 0 nitrogen and oxygen atoms in total. The summed E-state index contributed by atoms with van der Waals surface area (Å²) in [7, 11) is 0. The molecule has 0 heterocycles. The molecular weight excluding hydrogens is 215 g/mol. The first-order valence-corrected chi connectivity index (χ1v) is 3.93. The summed E-state index contributed by atoms with van der Waals surface area (Å²) in [5.74, 6) is 0. The van der Waals surface area contributed by atoms with Crippen molar-refractivity contribution in [2.24, 2.45) is 0 Å². The van der Waals surface area contributed by atoms with Gasteiger partial charge in [-0.2, -0.15) is 0 Å². The van der Waals surface area contributed by atoms with Crippen LogP contribution in [-0.4, -0.2) is 6.98 Å². The van der Waals surface area contributed by atoms with Gasteiger partial charge in [0.2, 0.25) is 0 Å². The second-order valence-corrected chi connectivity index (χ2v) is 2.81. The number of allylic oxidation sites excluding steroid dienone is 1. The maximum absolute atomic E-state index is 12.1. The summed E-state index contributed by atoms with van der Waals surface area (Å²) in [5, 5.41) is 0. The molecule has 0 atom stereocenters. The third kappa shape index (κ3) is 4.32. The van der Waals surface area contributed by atoms with E-state index in [1.165, 1.54) is 12.1 Å². The Kier molecular flexibility index (Phi) is 6.32. The molecule has 0 spiro atoms. The van der Waals surface area contributed by atoms with Crippen molar-refractivity contribution in [3.8, 4) is 0 Å². The fraction of sp³-hybridized carbons (Fsp3) is 0.111. The van der Waals surface area contributed by atoms with E-state index in [0.717, 1.165) is 17.7 Å². The molecule has 0 fully saturated rings. The van der Waals surface area contributed by atoms with Crippen molar-refractivity contribution >= 4 is 12.4 Å². The smallest absolute Gasteiger partial charge is 0.445 e. The molecule has 0 aromatic heterocycles. The standard InChI is InChI=1S/C9H9BF3.K/c1-2-3-8-4-6-9(7-5-8)10(11,12)13;/h2,4-7H,1,3H2;/q-1;+1. The van der Waals surface area contributed by atoms with Crippen LogP contribution in [0.4, 0.5) is 12.9 Å². The summed E-state index contributed by atoms with van der Waals surface area (Å²) in [6, 6.07) is 5.18. The second kappa shape index (κ2) is 6.13. The van der Waals surface area contributed by atoms with Crippen LogP contribution in [-0.2, 0) is 6.42 Å². The van der Waals surface area contributed by atoms with E-state index in [2.05, 4.69) is 6.58 Å². The molecule has 0 N–H and O–H groups in total. The van der Waals surface area contributed by atoms with E-state index in [4.69, 9.17) is 0 Å². The van der Waals surface area contributed by atoms with Crippen molar-refractivity contribution in [1.82, 2.24) is 0 Å². The zero-order valence-corrected chi connectivity index (χ0v) is 11.1. The summed E-state index contributed by atoms with van der Waals surface area (Å²) in [6.45, 7) is -1.35. The predicted octanol–water partition coefficient (Wildman–Crippen LogP) is -0.527. The number of hydrogen-bond acceptors (Lipinski definition) is 0. The Balaban J connectivity index is 0.00000169. The van der Waals surface area contributed by atoms with Gasteiger partial charge in [0, 0.05) is 0 Å². The SMILES string of the molecule is C=CCc1ccc([B-](F)(F)F)cc1.[K+]. The monoisotopic (exact) mass is 224 g/mol. The normalized spacial score (nSPS) is 10.5. The molecule has 0 saturated heterocycles. The molecule has 0 aliphatic rings. The third-order valence-corrected chi connectivity index (χ3v) is 1.74. The Morgan fingerprint density at radius 1 is 1.14 bits per heavy atom. The Bertz CT molecular complexity index is 292. The van der Waals surface area contributed by atoms with Gasteiger partial charge in [0.25, 0.3) is 0 Å². The maximum atomic E-state index is 12.1. The fourth-order valence-electron chi connectivity index (χ4n) is 1.04. The first-order chi connectivity index (χ1) is 6.04. The van der Waals surface area contributed by atoms with Crippen molar-refractivity contribution in [3.05, 3.63) is 42.5 Å². The first kappa shape index (κ1) is 14.5. The van der Waals surface area contributed by atoms with Gasteiger partial charge in [-0.25, -0.2) is 0 Å². The Morgan fingerprint density at radius 2 is 1.64 bits per heavy atom. The van der Waals surface area contributed by atoms with Gasteiger partial charge in [-0.3, -0.25) is 0 Å². The average Bonchev–Trinajstić information content (AvgIpc) is 2.04.